The maximum Gasteiger partial charge on any atom is 0.116 e. The fraction of sp³-hybridized carbons (Fsp3) is 0.214. The predicted molar refractivity (Wildman–Crippen MR) is 129 cm³/mol. The summed E-state index contributed by atoms with van der Waals surface area (Å²) >= 11 is 0. The van der Waals surface area contributed by atoms with Crippen LogP contribution in [0.5, 0.6) is 11.5 Å². The van der Waals surface area contributed by atoms with Gasteiger partial charge < -0.3 is 19.8 Å². The minimum atomic E-state index is -0.278. The van der Waals surface area contributed by atoms with Gasteiger partial charge in [0.2, 0.25) is 0 Å². The molecule has 4 aromatic rings. The Labute approximate surface area is 188 Å². The smallest absolute Gasteiger partial charge is 0.116 e. The number of aromatic hydroxyl groups is 2. The molecule has 1 aliphatic heterocycles. The van der Waals surface area contributed by atoms with Crippen LogP contribution in [0.25, 0.3) is 21.9 Å². The molecule has 4 aromatic carbocycles. The first-order valence-electron chi connectivity index (χ1n) is 11.1. The van der Waals surface area contributed by atoms with Gasteiger partial charge in [-0.1, -0.05) is 42.5 Å². The van der Waals surface area contributed by atoms with Gasteiger partial charge in [0, 0.05) is 31.5 Å². The third-order valence-corrected chi connectivity index (χ3v) is 6.39. The third kappa shape index (κ3) is 3.78. The molecule has 4 nitrogen and oxygen atoms in total. The number of methoxy groups -OCH3 is 1. The number of rotatable bonds is 5. The average Bonchev–Trinajstić information content (AvgIpc) is 3.36. The molecule has 1 heterocycles. The van der Waals surface area contributed by atoms with Crippen molar-refractivity contribution in [3.8, 4) is 22.6 Å². The normalized spacial score (nSPS) is 14.7. The van der Waals surface area contributed by atoms with Crippen LogP contribution in [0, 0.1) is 0 Å². The summed E-state index contributed by atoms with van der Waals surface area (Å²) < 4.78 is 6.09. The molecule has 0 bridgehead atoms. The second-order valence-electron chi connectivity index (χ2n) is 8.38. The van der Waals surface area contributed by atoms with Gasteiger partial charge >= 0.3 is 0 Å². The Morgan fingerprint density at radius 1 is 0.781 bits per heavy atom. The summed E-state index contributed by atoms with van der Waals surface area (Å²) in [5.41, 5.74) is 5.42. The van der Waals surface area contributed by atoms with Crippen molar-refractivity contribution in [1.82, 2.24) is 0 Å². The SMILES string of the molecule is COC(c1ccc(N2CCCC2)cc1)c1c(-c2ccc(O)cc2)ccc2cc(O)ccc12. The number of ether oxygens (including phenoxy) is 1. The molecule has 0 aliphatic carbocycles. The highest BCUT2D eigenvalue weighted by Crippen LogP contribution is 2.40. The molecule has 0 aromatic heterocycles. The van der Waals surface area contributed by atoms with Crippen LogP contribution >= 0.6 is 0 Å². The molecule has 0 spiro atoms. The molecule has 2 N–H and O–H groups in total. The summed E-state index contributed by atoms with van der Waals surface area (Å²) in [5, 5.41) is 21.8. The number of benzene rings is 4. The first-order valence-corrected chi connectivity index (χ1v) is 11.1. The van der Waals surface area contributed by atoms with Crippen LogP contribution in [0.1, 0.15) is 30.1 Å². The molecule has 32 heavy (non-hydrogen) atoms. The van der Waals surface area contributed by atoms with Crippen molar-refractivity contribution in [3.05, 3.63) is 90.0 Å². The zero-order chi connectivity index (χ0) is 22.1. The van der Waals surface area contributed by atoms with Gasteiger partial charge in [-0.2, -0.15) is 0 Å². The Kier molecular flexibility index (Phi) is 5.46. The van der Waals surface area contributed by atoms with Crippen molar-refractivity contribution in [2.45, 2.75) is 18.9 Å². The molecule has 5 rings (SSSR count). The monoisotopic (exact) mass is 425 g/mol. The van der Waals surface area contributed by atoms with Gasteiger partial charge in [0.05, 0.1) is 0 Å². The van der Waals surface area contributed by atoms with Crippen LogP contribution in [-0.2, 0) is 4.74 Å². The van der Waals surface area contributed by atoms with Crippen molar-refractivity contribution < 1.29 is 14.9 Å². The maximum absolute atomic E-state index is 10.0. The summed E-state index contributed by atoms with van der Waals surface area (Å²) in [6.07, 6.45) is 2.22. The second-order valence-corrected chi connectivity index (χ2v) is 8.38. The van der Waals surface area contributed by atoms with E-state index in [1.165, 1.54) is 18.5 Å². The lowest BCUT2D eigenvalue weighted by Crippen LogP contribution is -2.17. The summed E-state index contributed by atoms with van der Waals surface area (Å²) in [4.78, 5) is 2.42. The van der Waals surface area contributed by atoms with Crippen molar-refractivity contribution in [2.24, 2.45) is 0 Å². The Morgan fingerprint density at radius 3 is 2.16 bits per heavy atom. The highest BCUT2D eigenvalue weighted by Gasteiger charge is 2.22. The second kappa shape index (κ2) is 8.56. The van der Waals surface area contributed by atoms with Crippen LogP contribution in [0.2, 0.25) is 0 Å². The van der Waals surface area contributed by atoms with Gasteiger partial charge in [-0.05, 0) is 76.7 Å². The van der Waals surface area contributed by atoms with Crippen LogP contribution in [0.4, 0.5) is 5.69 Å². The van der Waals surface area contributed by atoms with Gasteiger partial charge in [-0.15, -0.1) is 0 Å². The quantitative estimate of drug-likeness (QED) is 0.397. The lowest BCUT2D eigenvalue weighted by Gasteiger charge is -2.24. The fourth-order valence-electron chi connectivity index (χ4n) is 4.77. The zero-order valence-corrected chi connectivity index (χ0v) is 18.2. The number of anilines is 1. The minimum absolute atomic E-state index is 0.238. The molecule has 1 saturated heterocycles. The van der Waals surface area contributed by atoms with Crippen LogP contribution < -0.4 is 4.90 Å². The number of phenols is 2. The van der Waals surface area contributed by atoms with Crippen LogP contribution in [0.3, 0.4) is 0 Å². The Hall–Kier alpha value is -3.50. The van der Waals surface area contributed by atoms with E-state index in [9.17, 15) is 10.2 Å². The number of fused-ring (bicyclic) bond motifs is 1. The molecule has 0 radical (unpaired) electrons. The molecule has 162 valence electrons. The molecule has 1 atom stereocenters. The highest BCUT2D eigenvalue weighted by atomic mass is 16.5. The molecule has 1 aliphatic rings. The minimum Gasteiger partial charge on any atom is -0.508 e. The van der Waals surface area contributed by atoms with Crippen molar-refractivity contribution in [1.29, 1.82) is 0 Å². The topological polar surface area (TPSA) is 52.9 Å². The van der Waals surface area contributed by atoms with E-state index in [1.54, 1.807) is 31.4 Å². The lowest BCUT2D eigenvalue weighted by atomic mass is 9.88. The van der Waals surface area contributed by atoms with Gasteiger partial charge in [0.15, 0.2) is 0 Å². The molecular weight excluding hydrogens is 398 g/mol. The summed E-state index contributed by atoms with van der Waals surface area (Å²) in [6.45, 7) is 2.23. The third-order valence-electron chi connectivity index (χ3n) is 6.39. The van der Waals surface area contributed by atoms with Crippen LogP contribution in [0.15, 0.2) is 78.9 Å². The van der Waals surface area contributed by atoms with Crippen LogP contribution in [-0.4, -0.2) is 30.4 Å². The Balaban J connectivity index is 1.65. The van der Waals surface area contributed by atoms with E-state index in [0.29, 0.717) is 0 Å². The van der Waals surface area contributed by atoms with E-state index in [1.807, 2.05) is 24.3 Å². The summed E-state index contributed by atoms with van der Waals surface area (Å²) in [6, 6.07) is 25.5. The average molecular weight is 426 g/mol. The molecular formula is C28H27NO3. The summed E-state index contributed by atoms with van der Waals surface area (Å²) in [7, 11) is 1.74. The van der Waals surface area contributed by atoms with E-state index >= 15 is 0 Å². The number of nitrogens with zero attached hydrogens (tertiary/aromatic N) is 1. The number of phenolic OH excluding ortho intramolecular Hbond substituents is 2. The van der Waals surface area contributed by atoms with Gasteiger partial charge in [0.1, 0.15) is 17.6 Å². The van der Waals surface area contributed by atoms with Gasteiger partial charge in [-0.25, -0.2) is 0 Å². The molecule has 1 unspecified atom stereocenters. The molecule has 1 fully saturated rings. The molecule has 4 heteroatoms. The van der Waals surface area contributed by atoms with Gasteiger partial charge in [-0.3, -0.25) is 0 Å². The van der Waals surface area contributed by atoms with E-state index in [4.69, 9.17) is 4.74 Å². The maximum atomic E-state index is 10.0. The predicted octanol–water partition coefficient (Wildman–Crippen LogP) is 6.25. The first-order chi connectivity index (χ1) is 15.6. The zero-order valence-electron chi connectivity index (χ0n) is 18.2. The lowest BCUT2D eigenvalue weighted by molar-refractivity contribution is 0.138. The standard InChI is InChI=1S/C28H27NO3/c1-32-28(20-4-9-22(10-5-20)29-16-2-3-17-29)27-25(19-6-11-23(30)12-7-19)14-8-21-18-24(31)13-15-26(21)27/h4-15,18,28,30-31H,2-3,16-17H2,1H3. The molecule has 0 amide bonds. The Morgan fingerprint density at radius 2 is 1.47 bits per heavy atom. The molecule has 0 saturated carbocycles. The van der Waals surface area contributed by atoms with E-state index in [-0.39, 0.29) is 17.6 Å². The highest BCUT2D eigenvalue weighted by molar-refractivity contribution is 5.93. The number of hydrogen-bond acceptors (Lipinski definition) is 4. The van der Waals surface area contributed by atoms with E-state index in [0.717, 1.165) is 46.1 Å². The first kappa shape index (κ1) is 20.4. The van der Waals surface area contributed by atoms with Crippen molar-refractivity contribution in [2.75, 3.05) is 25.1 Å². The van der Waals surface area contributed by atoms with Crippen molar-refractivity contribution >= 4 is 16.5 Å². The van der Waals surface area contributed by atoms with E-state index < -0.39 is 0 Å². The Bertz CT molecular complexity index is 1230. The van der Waals surface area contributed by atoms with Crippen molar-refractivity contribution in [3.63, 3.8) is 0 Å². The number of hydrogen-bond donors (Lipinski definition) is 2. The van der Waals surface area contributed by atoms with Gasteiger partial charge in [0.25, 0.3) is 0 Å². The van der Waals surface area contributed by atoms with E-state index in [2.05, 4.69) is 35.2 Å². The summed E-state index contributed by atoms with van der Waals surface area (Å²) in [5.74, 6) is 0.478. The fourth-order valence-corrected chi connectivity index (χ4v) is 4.77. The largest absolute Gasteiger partial charge is 0.508 e.